The average Bonchev–Trinajstić information content (AvgIpc) is 2.73. The molecule has 0 N–H and O–H groups in total. The first kappa shape index (κ1) is 12.5. The number of carbonyl (C=O) groups is 1. The number of benzene rings is 1. The molecule has 4 heteroatoms. The Morgan fingerprint density at radius 3 is 2.94 bits per heavy atom. The molecule has 2 nitrogen and oxygen atoms in total. The summed E-state index contributed by atoms with van der Waals surface area (Å²) >= 11 is 1.51. The van der Waals surface area contributed by atoms with Crippen molar-refractivity contribution in [2.45, 2.75) is 13.3 Å². The van der Waals surface area contributed by atoms with Gasteiger partial charge in [0, 0.05) is 11.3 Å². The minimum atomic E-state index is -0.512. The third-order valence-electron chi connectivity index (χ3n) is 2.81. The zero-order valence-electron chi connectivity index (χ0n) is 9.74. The zero-order valence-corrected chi connectivity index (χ0v) is 10.6. The van der Waals surface area contributed by atoms with Gasteiger partial charge in [0.2, 0.25) is 0 Å². The maximum Gasteiger partial charge on any atom is 0.140 e. The van der Waals surface area contributed by atoms with Gasteiger partial charge in [-0.1, -0.05) is 6.07 Å². The van der Waals surface area contributed by atoms with E-state index in [2.05, 4.69) is 0 Å². The van der Waals surface area contributed by atoms with Crippen LogP contribution < -0.4 is 0 Å². The van der Waals surface area contributed by atoms with Gasteiger partial charge in [-0.05, 0) is 41.1 Å². The largest absolute Gasteiger partial charge is 0.303 e. The van der Waals surface area contributed by atoms with Gasteiger partial charge >= 0.3 is 0 Å². The first-order valence-electron chi connectivity index (χ1n) is 5.38. The first-order valence-corrected chi connectivity index (χ1v) is 6.26. The van der Waals surface area contributed by atoms with Crippen LogP contribution in [-0.4, -0.2) is 6.29 Å². The molecule has 0 saturated heterocycles. The van der Waals surface area contributed by atoms with Crippen LogP contribution >= 0.6 is 11.3 Å². The Bertz CT molecular complexity index is 640. The molecular weight excluding hydrogens is 249 g/mol. The van der Waals surface area contributed by atoms with Crippen LogP contribution in [0.15, 0.2) is 23.6 Å². The monoisotopic (exact) mass is 259 g/mol. The van der Waals surface area contributed by atoms with Gasteiger partial charge in [-0.3, -0.25) is 0 Å². The number of hydrogen-bond acceptors (Lipinski definition) is 3. The molecule has 1 heterocycles. The highest BCUT2D eigenvalue weighted by molar-refractivity contribution is 7.10. The van der Waals surface area contributed by atoms with Gasteiger partial charge in [-0.15, -0.1) is 11.3 Å². The van der Waals surface area contributed by atoms with E-state index in [1.54, 1.807) is 6.07 Å². The van der Waals surface area contributed by atoms with E-state index < -0.39 is 5.82 Å². The van der Waals surface area contributed by atoms with Crippen LogP contribution in [0.3, 0.4) is 0 Å². The summed E-state index contributed by atoms with van der Waals surface area (Å²) in [5.41, 5.74) is 2.81. The van der Waals surface area contributed by atoms with Gasteiger partial charge in [0.05, 0.1) is 5.56 Å². The second-order valence-corrected chi connectivity index (χ2v) is 4.84. The molecule has 0 spiro atoms. The van der Waals surface area contributed by atoms with Crippen molar-refractivity contribution < 1.29 is 9.18 Å². The Morgan fingerprint density at radius 1 is 1.50 bits per heavy atom. The highest BCUT2D eigenvalue weighted by Crippen LogP contribution is 2.32. The van der Waals surface area contributed by atoms with E-state index in [1.807, 2.05) is 18.4 Å². The molecule has 0 fully saturated rings. The van der Waals surface area contributed by atoms with Crippen molar-refractivity contribution in [3.63, 3.8) is 0 Å². The molecule has 1 aromatic heterocycles. The van der Waals surface area contributed by atoms with E-state index >= 15 is 0 Å². The first-order chi connectivity index (χ1) is 8.67. The number of thiophene rings is 1. The standard InChI is InChI=1S/C14H10FNOS/c1-9-12(8-18-14(9)4-5-17)10-2-3-13(15)11(6-10)7-16/h2-3,5-6,8H,4H2,1H3. The number of nitriles is 1. The Labute approximate surface area is 108 Å². The van der Waals surface area contributed by atoms with Crippen molar-refractivity contribution in [1.29, 1.82) is 5.26 Å². The molecular formula is C14H10FNOS. The lowest BCUT2D eigenvalue weighted by molar-refractivity contribution is -0.107. The van der Waals surface area contributed by atoms with Gasteiger partial charge in [0.15, 0.2) is 0 Å². The Balaban J connectivity index is 2.49. The summed E-state index contributed by atoms with van der Waals surface area (Å²) in [6.07, 6.45) is 1.26. The van der Waals surface area contributed by atoms with Gasteiger partial charge in [-0.2, -0.15) is 5.26 Å². The fraction of sp³-hybridized carbons (Fsp3) is 0.143. The minimum absolute atomic E-state index is 0.0371. The lowest BCUT2D eigenvalue weighted by Gasteiger charge is -2.02. The molecule has 0 radical (unpaired) electrons. The number of nitrogens with zero attached hydrogens (tertiary/aromatic N) is 1. The fourth-order valence-corrected chi connectivity index (χ4v) is 2.82. The maximum atomic E-state index is 13.2. The average molecular weight is 259 g/mol. The molecule has 0 aliphatic heterocycles. The third-order valence-corrected chi connectivity index (χ3v) is 3.92. The molecule has 0 bridgehead atoms. The van der Waals surface area contributed by atoms with Gasteiger partial charge in [0.1, 0.15) is 18.2 Å². The molecule has 0 unspecified atom stereocenters. The van der Waals surface area contributed by atoms with Gasteiger partial charge in [0.25, 0.3) is 0 Å². The van der Waals surface area contributed by atoms with Crippen LogP contribution in [0.25, 0.3) is 11.1 Å². The van der Waals surface area contributed by atoms with Crippen LogP contribution in [-0.2, 0) is 11.2 Å². The summed E-state index contributed by atoms with van der Waals surface area (Å²) in [4.78, 5) is 11.5. The van der Waals surface area contributed by atoms with Crippen LogP contribution in [0.4, 0.5) is 4.39 Å². The quantitative estimate of drug-likeness (QED) is 0.792. The minimum Gasteiger partial charge on any atom is -0.303 e. The summed E-state index contributed by atoms with van der Waals surface area (Å²) in [6.45, 7) is 1.93. The smallest absolute Gasteiger partial charge is 0.140 e. The number of carbonyl (C=O) groups excluding carboxylic acids is 1. The number of aldehydes is 1. The van der Waals surface area contributed by atoms with Crippen molar-refractivity contribution >= 4 is 17.6 Å². The van der Waals surface area contributed by atoms with E-state index in [9.17, 15) is 9.18 Å². The van der Waals surface area contributed by atoms with Crippen molar-refractivity contribution in [2.75, 3.05) is 0 Å². The van der Waals surface area contributed by atoms with Crippen molar-refractivity contribution in [3.8, 4) is 17.2 Å². The summed E-state index contributed by atoms with van der Waals surface area (Å²) in [7, 11) is 0. The van der Waals surface area contributed by atoms with Crippen molar-refractivity contribution in [3.05, 3.63) is 45.4 Å². The van der Waals surface area contributed by atoms with Crippen molar-refractivity contribution in [1.82, 2.24) is 0 Å². The second-order valence-electron chi connectivity index (χ2n) is 3.87. The molecule has 0 saturated carbocycles. The lowest BCUT2D eigenvalue weighted by Crippen LogP contribution is -1.88. The normalized spacial score (nSPS) is 10.1. The predicted octanol–water partition coefficient (Wildman–Crippen LogP) is 3.48. The fourth-order valence-electron chi connectivity index (χ4n) is 1.80. The maximum absolute atomic E-state index is 13.2. The van der Waals surface area contributed by atoms with Crippen LogP contribution in [0.5, 0.6) is 0 Å². The van der Waals surface area contributed by atoms with Crippen LogP contribution in [0, 0.1) is 24.1 Å². The molecule has 0 amide bonds. The molecule has 0 atom stereocenters. The zero-order chi connectivity index (χ0) is 13.1. The van der Waals surface area contributed by atoms with E-state index in [0.717, 1.165) is 27.9 Å². The molecule has 1 aromatic carbocycles. The highest BCUT2D eigenvalue weighted by Gasteiger charge is 2.11. The Kier molecular flexibility index (Phi) is 3.54. The van der Waals surface area contributed by atoms with Crippen LogP contribution in [0.2, 0.25) is 0 Å². The second kappa shape index (κ2) is 5.11. The summed E-state index contributed by atoms with van der Waals surface area (Å²) in [5, 5.41) is 10.7. The highest BCUT2D eigenvalue weighted by atomic mass is 32.1. The molecule has 18 heavy (non-hydrogen) atoms. The number of hydrogen-bond donors (Lipinski definition) is 0. The molecule has 0 aliphatic rings. The summed E-state index contributed by atoms with van der Waals surface area (Å²) < 4.78 is 13.2. The Hall–Kier alpha value is -1.99. The van der Waals surface area contributed by atoms with E-state index in [1.165, 1.54) is 23.5 Å². The van der Waals surface area contributed by atoms with E-state index in [0.29, 0.717) is 6.42 Å². The third kappa shape index (κ3) is 2.18. The van der Waals surface area contributed by atoms with Gasteiger partial charge in [-0.25, -0.2) is 4.39 Å². The van der Waals surface area contributed by atoms with Crippen LogP contribution in [0.1, 0.15) is 16.0 Å². The SMILES string of the molecule is Cc1c(-c2ccc(F)c(C#N)c2)csc1CC=O. The molecule has 2 aromatic rings. The summed E-state index contributed by atoms with van der Waals surface area (Å²) in [5.74, 6) is -0.512. The lowest BCUT2D eigenvalue weighted by atomic mass is 10.0. The topological polar surface area (TPSA) is 40.9 Å². The summed E-state index contributed by atoms with van der Waals surface area (Å²) in [6, 6.07) is 6.31. The predicted molar refractivity (Wildman–Crippen MR) is 68.9 cm³/mol. The van der Waals surface area contributed by atoms with Crippen molar-refractivity contribution in [2.24, 2.45) is 0 Å². The number of rotatable bonds is 3. The van der Waals surface area contributed by atoms with E-state index in [-0.39, 0.29) is 5.56 Å². The molecule has 0 aliphatic carbocycles. The molecule has 2 rings (SSSR count). The van der Waals surface area contributed by atoms with Gasteiger partial charge < -0.3 is 4.79 Å². The molecule has 90 valence electrons. The number of halogens is 1. The Morgan fingerprint density at radius 2 is 2.28 bits per heavy atom. The van der Waals surface area contributed by atoms with E-state index in [4.69, 9.17) is 5.26 Å².